The van der Waals surface area contributed by atoms with E-state index in [0.717, 1.165) is 22.6 Å². The van der Waals surface area contributed by atoms with Gasteiger partial charge in [-0.25, -0.2) is 0 Å². The third-order valence-corrected chi connectivity index (χ3v) is 3.92. The fourth-order valence-electron chi connectivity index (χ4n) is 1.75. The summed E-state index contributed by atoms with van der Waals surface area (Å²) in [6, 6.07) is 15.1. The Balaban J connectivity index is 2.32. The minimum Gasteiger partial charge on any atom is -0.781 e. The monoisotopic (exact) mass is 302 g/mol. The first-order valence-corrected chi connectivity index (χ1v) is 6.84. The van der Waals surface area contributed by atoms with Gasteiger partial charge in [-0.2, -0.15) is 9.81 Å². The predicted molar refractivity (Wildman–Crippen MR) is 87.5 cm³/mol. The summed E-state index contributed by atoms with van der Waals surface area (Å²) in [7, 11) is 3.27. The number of ether oxygens (including phenoxy) is 2. The Labute approximate surface area is 130 Å². The molecule has 0 heterocycles. The quantitative estimate of drug-likeness (QED) is 0.634. The van der Waals surface area contributed by atoms with Crippen molar-refractivity contribution < 1.29 is 9.47 Å². The van der Waals surface area contributed by atoms with Crippen molar-refractivity contribution in [2.75, 3.05) is 14.2 Å². The summed E-state index contributed by atoms with van der Waals surface area (Å²) in [4.78, 5) is 1.32. The van der Waals surface area contributed by atoms with Gasteiger partial charge in [0.2, 0.25) is 0 Å². The molecule has 0 radical (unpaired) electrons. The van der Waals surface area contributed by atoms with Crippen LogP contribution in [0.25, 0.3) is 9.81 Å². The van der Waals surface area contributed by atoms with Gasteiger partial charge in [-0.15, -0.1) is 0 Å². The van der Waals surface area contributed by atoms with Crippen LogP contribution in [-0.2, 0) is 25.3 Å². The summed E-state index contributed by atoms with van der Waals surface area (Å²) in [5.41, 5.74) is 1.84. The summed E-state index contributed by atoms with van der Waals surface area (Å²) in [5.74, 6) is 1.60. The van der Waals surface area contributed by atoms with Crippen LogP contribution in [-0.4, -0.2) is 14.2 Å². The van der Waals surface area contributed by atoms with Crippen LogP contribution in [0.5, 0.6) is 11.5 Å². The van der Waals surface area contributed by atoms with E-state index in [1.165, 1.54) is 0 Å². The third kappa shape index (κ3) is 3.21. The Morgan fingerprint density at radius 2 is 0.950 bits per heavy atom. The van der Waals surface area contributed by atoms with E-state index >= 15 is 0 Å². The van der Waals surface area contributed by atoms with E-state index in [1.54, 1.807) is 14.2 Å². The Kier molecular flexibility index (Phi) is 4.82. The van der Waals surface area contributed by atoms with Crippen molar-refractivity contribution in [3.8, 4) is 11.5 Å². The lowest BCUT2D eigenvalue weighted by Crippen LogP contribution is -1.89. The summed E-state index contributed by atoms with van der Waals surface area (Å²) >= 11 is 10.9. The van der Waals surface area contributed by atoms with E-state index in [1.807, 2.05) is 48.5 Å². The molecule has 0 fully saturated rings. The standard InChI is InChI=1S/C16H16O2S2/c1-17-13-7-3-11(4-8-13)15(19)16(20)12-5-9-14(18-2)10-6-12/h3-10,19-20H,1-2H3/p-2/b16-15-. The first-order chi connectivity index (χ1) is 9.65. The second-order valence-electron chi connectivity index (χ2n) is 4.12. The Morgan fingerprint density at radius 1 is 0.650 bits per heavy atom. The molecule has 0 amide bonds. The number of methoxy groups -OCH3 is 2. The molecule has 0 aliphatic rings. The van der Waals surface area contributed by atoms with Gasteiger partial charge in [0.15, 0.2) is 0 Å². The molecule has 20 heavy (non-hydrogen) atoms. The predicted octanol–water partition coefficient (Wildman–Crippen LogP) is 3.62. The Morgan fingerprint density at radius 3 is 1.20 bits per heavy atom. The molecular weight excluding hydrogens is 288 g/mol. The van der Waals surface area contributed by atoms with Gasteiger partial charge in [-0.05, 0) is 35.4 Å². The maximum atomic E-state index is 5.45. The highest BCUT2D eigenvalue weighted by atomic mass is 32.1. The Hall–Kier alpha value is -1.78. The highest BCUT2D eigenvalue weighted by molar-refractivity contribution is 7.77. The second kappa shape index (κ2) is 6.59. The zero-order valence-electron chi connectivity index (χ0n) is 11.3. The second-order valence-corrected chi connectivity index (χ2v) is 4.93. The maximum absolute atomic E-state index is 5.45. The van der Waals surface area contributed by atoms with Crippen LogP contribution >= 0.6 is 0 Å². The number of hydrogen-bond acceptors (Lipinski definition) is 4. The highest BCUT2D eigenvalue weighted by Gasteiger charge is 1.96. The van der Waals surface area contributed by atoms with E-state index in [9.17, 15) is 0 Å². The minimum atomic E-state index is 0.660. The smallest absolute Gasteiger partial charge is 0.118 e. The van der Waals surface area contributed by atoms with Crippen LogP contribution in [0, 0.1) is 0 Å². The largest absolute Gasteiger partial charge is 0.781 e. The Bertz CT molecular complexity index is 546. The first kappa shape index (κ1) is 14.6. The van der Waals surface area contributed by atoms with Crippen LogP contribution < -0.4 is 9.47 Å². The average molecular weight is 302 g/mol. The van der Waals surface area contributed by atoms with E-state index in [4.69, 9.17) is 34.7 Å². The summed E-state index contributed by atoms with van der Waals surface area (Å²) in [6.07, 6.45) is 0. The molecule has 0 atom stereocenters. The van der Waals surface area contributed by atoms with Gasteiger partial charge >= 0.3 is 0 Å². The number of hydrogen-bond donors (Lipinski definition) is 0. The van der Waals surface area contributed by atoms with Gasteiger partial charge in [-0.3, -0.25) is 0 Å². The third-order valence-electron chi connectivity index (χ3n) is 2.91. The van der Waals surface area contributed by atoms with Crippen LogP contribution in [0.15, 0.2) is 48.5 Å². The zero-order valence-corrected chi connectivity index (χ0v) is 12.9. The molecule has 2 aromatic rings. The van der Waals surface area contributed by atoms with Crippen molar-refractivity contribution in [2.45, 2.75) is 0 Å². The van der Waals surface area contributed by atoms with Crippen molar-refractivity contribution in [3.05, 3.63) is 59.7 Å². The van der Waals surface area contributed by atoms with E-state index < -0.39 is 0 Å². The molecule has 104 valence electrons. The van der Waals surface area contributed by atoms with Crippen molar-refractivity contribution >= 4 is 35.1 Å². The van der Waals surface area contributed by atoms with Crippen molar-refractivity contribution in [2.24, 2.45) is 0 Å². The molecule has 2 aromatic carbocycles. The van der Waals surface area contributed by atoms with Crippen LogP contribution in [0.2, 0.25) is 0 Å². The molecular formula is C16H14O2S2-2. The minimum absolute atomic E-state index is 0.660. The fraction of sp³-hybridized carbons (Fsp3) is 0.125. The van der Waals surface area contributed by atoms with Gasteiger partial charge in [0.25, 0.3) is 0 Å². The molecule has 0 N–H and O–H groups in total. The summed E-state index contributed by atoms with van der Waals surface area (Å²) < 4.78 is 10.3. The van der Waals surface area contributed by atoms with E-state index in [2.05, 4.69) is 0 Å². The fourth-order valence-corrected chi connectivity index (χ4v) is 2.25. The molecule has 0 aromatic heterocycles. The lowest BCUT2D eigenvalue weighted by atomic mass is 10.1. The van der Waals surface area contributed by atoms with Crippen molar-refractivity contribution in [1.29, 1.82) is 0 Å². The van der Waals surface area contributed by atoms with Gasteiger partial charge < -0.3 is 34.7 Å². The molecule has 2 rings (SSSR count). The van der Waals surface area contributed by atoms with Gasteiger partial charge in [0.05, 0.1) is 14.2 Å². The number of benzene rings is 2. The number of rotatable bonds is 4. The van der Waals surface area contributed by atoms with Gasteiger partial charge in [-0.1, -0.05) is 24.3 Å². The molecule has 0 bridgehead atoms. The molecule has 2 nitrogen and oxygen atoms in total. The summed E-state index contributed by atoms with van der Waals surface area (Å²) in [6.45, 7) is 0. The maximum Gasteiger partial charge on any atom is 0.118 e. The van der Waals surface area contributed by atoms with E-state index in [0.29, 0.717) is 9.81 Å². The molecule has 0 aliphatic carbocycles. The van der Waals surface area contributed by atoms with E-state index in [-0.39, 0.29) is 0 Å². The molecule has 0 saturated carbocycles. The normalized spacial score (nSPS) is 11.7. The lowest BCUT2D eigenvalue weighted by molar-refractivity contribution is 0.414. The van der Waals surface area contributed by atoms with Crippen LogP contribution in [0.4, 0.5) is 0 Å². The molecule has 0 saturated heterocycles. The van der Waals surface area contributed by atoms with Crippen molar-refractivity contribution in [1.82, 2.24) is 0 Å². The first-order valence-electron chi connectivity index (χ1n) is 6.03. The molecule has 4 heteroatoms. The van der Waals surface area contributed by atoms with Crippen LogP contribution in [0.3, 0.4) is 0 Å². The summed E-state index contributed by atoms with van der Waals surface area (Å²) in [5, 5.41) is 0. The van der Waals surface area contributed by atoms with Crippen LogP contribution in [0.1, 0.15) is 11.1 Å². The molecule has 0 spiro atoms. The van der Waals surface area contributed by atoms with Gasteiger partial charge in [0.1, 0.15) is 11.5 Å². The molecule has 0 unspecified atom stereocenters. The lowest BCUT2D eigenvalue weighted by Gasteiger charge is -2.26. The highest BCUT2D eigenvalue weighted by Crippen LogP contribution is 2.26. The van der Waals surface area contributed by atoms with Crippen molar-refractivity contribution in [3.63, 3.8) is 0 Å². The van der Waals surface area contributed by atoms with Gasteiger partial charge in [0, 0.05) is 0 Å². The topological polar surface area (TPSA) is 18.5 Å². The average Bonchev–Trinajstić information content (AvgIpc) is 2.53. The SMILES string of the molecule is COc1ccc(/C([S-])=C(/[S-])c2ccc(OC)cc2)cc1. The molecule has 0 aliphatic heterocycles. The zero-order chi connectivity index (χ0) is 14.5.